The third-order valence-electron chi connectivity index (χ3n) is 0. The van der Waals surface area contributed by atoms with Crippen LogP contribution < -0.4 is 0 Å². The first-order valence-electron chi connectivity index (χ1n) is 2.70. The zero-order chi connectivity index (χ0) is 16.2. The molecule has 0 aromatic carbocycles. The minimum atomic E-state index is -4.67. The third-order valence-corrected chi connectivity index (χ3v) is 0. The van der Waals surface area contributed by atoms with Gasteiger partial charge in [-0.1, -0.05) is 0 Å². The summed E-state index contributed by atoms with van der Waals surface area (Å²) in [4.78, 5) is 22.9. The molecule has 122 valence electrons. The molecule has 0 radical (unpaired) electrons. The molecule has 23 heavy (non-hydrogen) atoms. The Bertz CT molecular complexity index is 364. The predicted octanol–water partition coefficient (Wildman–Crippen LogP) is -5.94. The van der Waals surface area contributed by atoms with Crippen LogP contribution in [0.5, 0.6) is 0 Å². The standard InChI is InChI=1S/CH2O3.5Na.2H2O4S.H2O3Si.5H/c2-1(3)4;;;;;;2*1-5(2,3)4;1-4(2)3;;;;;/h(H2,2,3,4);;;;;;2*(H2,1,2,3,4);1-2H;;;;;. The average molecular weight is 456 g/mol. The normalized spacial score (nSPS) is 7.13. The van der Waals surface area contributed by atoms with E-state index < -0.39 is 36.1 Å². The van der Waals surface area contributed by atoms with E-state index in [1.54, 1.807) is 0 Å². The molecule has 0 aliphatic heterocycles. The van der Waals surface area contributed by atoms with Crippen LogP contribution in [0, 0.1) is 0 Å². The van der Waals surface area contributed by atoms with Gasteiger partial charge in [0, 0.05) is 0 Å². The van der Waals surface area contributed by atoms with Crippen molar-refractivity contribution in [2.24, 2.45) is 0 Å². The Morgan fingerprint density at radius 2 is 0.652 bits per heavy atom. The van der Waals surface area contributed by atoms with E-state index in [1.807, 2.05) is 0 Å². The molecule has 0 atom stereocenters. The number of hydrogen-bond donors (Lipinski definition) is 8. The summed E-state index contributed by atoms with van der Waals surface area (Å²) >= 11 is 0. The van der Waals surface area contributed by atoms with Gasteiger partial charge >= 0.3 is 184 Å². The SMILES string of the molecule is O=C(O)O.O=S(=O)(O)O.O=S(=O)(O)O.O=[Si](O)O.[NaH].[NaH].[NaH].[NaH].[NaH]. The summed E-state index contributed by atoms with van der Waals surface area (Å²) in [6.45, 7) is 0. The molecule has 0 rings (SSSR count). The van der Waals surface area contributed by atoms with Crippen molar-refractivity contribution in [3.8, 4) is 0 Å². The van der Waals surface area contributed by atoms with E-state index in [9.17, 15) is 0 Å². The van der Waals surface area contributed by atoms with E-state index in [4.69, 9.17) is 64.1 Å². The molecule has 0 saturated heterocycles. The monoisotopic (exact) mass is 456 g/mol. The molecule has 0 aromatic heterocycles. The van der Waals surface area contributed by atoms with Crippen LogP contribution in [0.25, 0.3) is 0 Å². The number of carbonyl (C=O) groups is 1. The molecule has 0 aliphatic rings. The Morgan fingerprint density at radius 1 is 0.652 bits per heavy atom. The van der Waals surface area contributed by atoms with Crippen molar-refractivity contribution in [1.29, 1.82) is 0 Å². The van der Waals surface area contributed by atoms with E-state index in [0.29, 0.717) is 0 Å². The van der Waals surface area contributed by atoms with Crippen LogP contribution in [0.1, 0.15) is 0 Å². The quantitative estimate of drug-likeness (QED) is 0.125. The minimum absolute atomic E-state index is 0. The van der Waals surface area contributed by atoms with Crippen LogP contribution in [-0.2, 0) is 25.3 Å². The average Bonchev–Trinajstić information content (AvgIpc) is 1.70. The summed E-state index contributed by atoms with van der Waals surface area (Å²) in [5, 5.41) is 13.9. The van der Waals surface area contributed by atoms with Crippen LogP contribution in [0.15, 0.2) is 0 Å². The Kier molecular flexibility index (Phi) is 81.3. The van der Waals surface area contributed by atoms with Gasteiger partial charge in [0.25, 0.3) is 0 Å². The van der Waals surface area contributed by atoms with Crippen LogP contribution in [0.2, 0.25) is 0 Å². The fourth-order valence-corrected chi connectivity index (χ4v) is 0. The zero-order valence-electron chi connectivity index (χ0n) is 7.84. The van der Waals surface area contributed by atoms with Gasteiger partial charge in [0.15, 0.2) is 0 Å². The Labute approximate surface area is 243 Å². The van der Waals surface area contributed by atoms with E-state index in [1.165, 1.54) is 0 Å². The number of carboxylic acid groups (broad SMARTS) is 2. The molecule has 0 aromatic rings. The van der Waals surface area contributed by atoms with Crippen molar-refractivity contribution in [3.05, 3.63) is 0 Å². The molecule has 0 fully saturated rings. The van der Waals surface area contributed by atoms with Crippen molar-refractivity contribution in [1.82, 2.24) is 0 Å². The van der Waals surface area contributed by atoms with Gasteiger partial charge < -0.3 is 19.8 Å². The molecule has 22 heteroatoms. The third kappa shape index (κ3) is 1090. The van der Waals surface area contributed by atoms with Crippen LogP contribution >= 0.6 is 0 Å². The van der Waals surface area contributed by atoms with E-state index in [-0.39, 0.29) is 148 Å². The first-order chi connectivity index (χ1) is 7.46. The van der Waals surface area contributed by atoms with Crippen molar-refractivity contribution >= 4 is 184 Å². The van der Waals surface area contributed by atoms with E-state index >= 15 is 0 Å². The van der Waals surface area contributed by atoms with Crippen molar-refractivity contribution in [2.45, 2.75) is 0 Å². The molecule has 14 nitrogen and oxygen atoms in total. The molecular weight excluding hydrogens is 443 g/mol. The van der Waals surface area contributed by atoms with Crippen molar-refractivity contribution in [2.75, 3.05) is 0 Å². The van der Waals surface area contributed by atoms with E-state index in [0.717, 1.165) is 0 Å². The van der Waals surface area contributed by atoms with Gasteiger partial charge in [-0.05, 0) is 0 Å². The molecule has 0 spiro atoms. The summed E-state index contributed by atoms with van der Waals surface area (Å²) in [6, 6.07) is 0. The molecule has 0 saturated carbocycles. The van der Waals surface area contributed by atoms with Gasteiger partial charge in [0.05, 0.1) is 0 Å². The van der Waals surface area contributed by atoms with Crippen LogP contribution in [0.3, 0.4) is 0 Å². The molecular formula is CH13Na5O14S2Si. The number of hydrogen-bond acceptors (Lipinski definition) is 6. The van der Waals surface area contributed by atoms with Gasteiger partial charge in [-0.2, -0.15) is 16.8 Å². The van der Waals surface area contributed by atoms with Crippen LogP contribution in [0.4, 0.5) is 4.79 Å². The summed E-state index contributed by atoms with van der Waals surface area (Å²) in [6.07, 6.45) is -1.83. The zero-order valence-corrected chi connectivity index (χ0v) is 10.5. The molecule has 0 bridgehead atoms. The van der Waals surface area contributed by atoms with Crippen LogP contribution in [-0.4, -0.2) is 218 Å². The Morgan fingerprint density at radius 3 is 0.652 bits per heavy atom. The van der Waals surface area contributed by atoms with Gasteiger partial charge in [0.2, 0.25) is 0 Å². The predicted molar refractivity (Wildman–Crippen MR) is 85.6 cm³/mol. The van der Waals surface area contributed by atoms with Gasteiger partial charge in [-0.3, -0.25) is 22.7 Å². The molecule has 0 heterocycles. The summed E-state index contributed by atoms with van der Waals surface area (Å²) < 4.78 is 71.9. The first-order valence-corrected chi connectivity index (χ1v) is 6.80. The first kappa shape index (κ1) is 56.3. The maximum absolute atomic E-state index is 8.74. The summed E-state index contributed by atoms with van der Waals surface area (Å²) in [5.41, 5.74) is 0. The van der Waals surface area contributed by atoms with Crippen molar-refractivity contribution < 1.29 is 64.1 Å². The van der Waals surface area contributed by atoms with Gasteiger partial charge in [-0.15, -0.1) is 0 Å². The van der Waals surface area contributed by atoms with Gasteiger partial charge in [0.1, 0.15) is 0 Å². The second kappa shape index (κ2) is 33.2. The number of rotatable bonds is 0. The summed E-state index contributed by atoms with van der Waals surface area (Å²) in [7, 11) is -12.5. The van der Waals surface area contributed by atoms with Gasteiger partial charge in [-0.25, -0.2) is 4.79 Å². The molecule has 0 unspecified atom stereocenters. The molecule has 0 amide bonds. The molecule has 8 N–H and O–H groups in total. The Balaban J connectivity index is -0.0000000152. The van der Waals surface area contributed by atoms with E-state index in [2.05, 4.69) is 0 Å². The molecule has 0 aliphatic carbocycles. The van der Waals surface area contributed by atoms with Crippen molar-refractivity contribution in [3.63, 3.8) is 0 Å². The summed E-state index contributed by atoms with van der Waals surface area (Å²) in [5.74, 6) is 0. The fourth-order valence-electron chi connectivity index (χ4n) is 0. The fraction of sp³-hybridized carbons (Fsp3) is 0. The second-order valence-electron chi connectivity index (χ2n) is 1.46. The second-order valence-corrected chi connectivity index (χ2v) is 3.82. The Hall–Kier alpha value is 3.63. The maximum atomic E-state index is 8.74. The topological polar surface area (TPSA) is 264 Å².